The largest absolute Gasteiger partial charge is 0.481 e. The van der Waals surface area contributed by atoms with Crippen LogP contribution in [0.3, 0.4) is 0 Å². The van der Waals surface area contributed by atoms with Crippen molar-refractivity contribution in [2.75, 3.05) is 13.1 Å². The number of carbonyl (C=O) groups excluding carboxylic acids is 2. The summed E-state index contributed by atoms with van der Waals surface area (Å²) < 4.78 is 29.1. The van der Waals surface area contributed by atoms with Crippen LogP contribution in [0, 0.1) is 5.82 Å². The van der Waals surface area contributed by atoms with Gasteiger partial charge in [0.2, 0.25) is 17.4 Å². The maximum Gasteiger partial charge on any atom is 0.302 e. The average molecular weight is 673 g/mol. The van der Waals surface area contributed by atoms with Gasteiger partial charge in [-0.25, -0.2) is 18.8 Å². The van der Waals surface area contributed by atoms with Gasteiger partial charge in [-0.2, -0.15) is 0 Å². The molecule has 1 aliphatic heterocycles. The molecule has 0 radical (unpaired) electrons. The van der Waals surface area contributed by atoms with E-state index in [-0.39, 0.29) is 66.0 Å². The molecule has 0 unspecified atom stereocenters. The molecule has 3 aromatic heterocycles. The fourth-order valence-corrected chi connectivity index (χ4v) is 6.67. The van der Waals surface area contributed by atoms with E-state index >= 15 is 0 Å². The maximum absolute atomic E-state index is 14.2. The molecule has 2 amide bonds. The zero-order valence-electron chi connectivity index (χ0n) is 27.2. The van der Waals surface area contributed by atoms with E-state index in [0.29, 0.717) is 30.1 Å². The van der Waals surface area contributed by atoms with Gasteiger partial charge in [0.05, 0.1) is 12.2 Å². The molecule has 11 nitrogen and oxygen atoms in total. The highest BCUT2D eigenvalue weighted by Gasteiger charge is 2.27. The Morgan fingerprint density at radius 1 is 1.10 bits per heavy atom. The number of fused-ring (bicyclic) bond motifs is 1. The summed E-state index contributed by atoms with van der Waals surface area (Å²) in [6.45, 7) is 8.63. The third-order valence-corrected chi connectivity index (χ3v) is 8.87. The first-order valence-corrected chi connectivity index (χ1v) is 16.6. The molecular weight excluding hydrogens is 635 g/mol. The van der Waals surface area contributed by atoms with E-state index in [1.807, 2.05) is 58.0 Å². The number of thiazole rings is 1. The second-order valence-corrected chi connectivity index (χ2v) is 13.4. The van der Waals surface area contributed by atoms with Crippen LogP contribution in [-0.4, -0.2) is 67.0 Å². The van der Waals surface area contributed by atoms with E-state index in [9.17, 15) is 18.8 Å². The highest BCUT2D eigenvalue weighted by atomic mass is 32.1. The molecule has 13 heteroatoms. The van der Waals surface area contributed by atoms with Crippen LogP contribution < -0.4 is 15.6 Å². The van der Waals surface area contributed by atoms with Crippen molar-refractivity contribution in [3.05, 3.63) is 105 Å². The number of carbonyl (C=O) groups is 2. The fourth-order valence-electron chi connectivity index (χ4n) is 5.75. The zero-order chi connectivity index (χ0) is 33.9. The number of hydrogen-bond donors (Lipinski definition) is 1. The minimum absolute atomic E-state index is 0.0130. The lowest BCUT2D eigenvalue weighted by molar-refractivity contribution is -0.143. The van der Waals surface area contributed by atoms with Gasteiger partial charge in [-0.05, 0) is 51.0 Å². The van der Waals surface area contributed by atoms with Gasteiger partial charge < -0.3 is 24.3 Å². The number of rotatable bonds is 10. The standard InChI is InChI=1S/C35H37FN6O5S/c1-21(2)38-32(44)28-15-26(36)11-10-25(28)14-27-16-37-33(48-27)30-31(46-20-24-8-6-5-7-9-24)34(45)42-13-12-40(35(42)39-30)19-29(43)41-17-22(3)47-23(4)18-41/h5-13,15-16,21-23H,14,17-20H2,1-4H3,(H,38,44)/t22-,23-/m0/s1. The molecule has 250 valence electrons. The molecule has 6 rings (SSSR count). The lowest BCUT2D eigenvalue weighted by Crippen LogP contribution is -2.49. The first-order valence-electron chi connectivity index (χ1n) is 15.8. The maximum atomic E-state index is 14.2. The Kier molecular flexibility index (Phi) is 9.69. The molecule has 0 bridgehead atoms. The number of morpholine rings is 1. The zero-order valence-corrected chi connectivity index (χ0v) is 28.0. The van der Waals surface area contributed by atoms with Crippen LogP contribution in [0.5, 0.6) is 5.75 Å². The number of aromatic nitrogens is 4. The number of hydrogen-bond acceptors (Lipinski definition) is 8. The van der Waals surface area contributed by atoms with E-state index in [1.54, 1.807) is 34.1 Å². The molecule has 0 saturated carbocycles. The normalized spacial score (nSPS) is 16.4. The molecule has 1 saturated heterocycles. The van der Waals surface area contributed by atoms with E-state index < -0.39 is 11.4 Å². The van der Waals surface area contributed by atoms with Crippen LogP contribution in [0.15, 0.2) is 71.9 Å². The summed E-state index contributed by atoms with van der Waals surface area (Å²) in [6, 6.07) is 13.5. The predicted molar refractivity (Wildman–Crippen MR) is 180 cm³/mol. The Hall–Kier alpha value is -4.88. The van der Waals surface area contributed by atoms with Crippen LogP contribution in [0.4, 0.5) is 4.39 Å². The number of amides is 2. The van der Waals surface area contributed by atoms with Crippen molar-refractivity contribution < 1.29 is 23.5 Å². The minimum Gasteiger partial charge on any atom is -0.481 e. The number of nitrogens with one attached hydrogen (secondary N) is 1. The minimum atomic E-state index is -0.505. The first-order chi connectivity index (χ1) is 23.0. The van der Waals surface area contributed by atoms with E-state index in [0.717, 1.165) is 10.4 Å². The Balaban J connectivity index is 1.35. The Morgan fingerprint density at radius 2 is 1.85 bits per heavy atom. The van der Waals surface area contributed by atoms with Gasteiger partial charge in [-0.1, -0.05) is 36.4 Å². The molecule has 2 atom stereocenters. The highest BCUT2D eigenvalue weighted by Crippen LogP contribution is 2.32. The van der Waals surface area contributed by atoms with Gasteiger partial charge in [-0.3, -0.25) is 14.4 Å². The van der Waals surface area contributed by atoms with E-state index in [1.165, 1.54) is 27.9 Å². The summed E-state index contributed by atoms with van der Waals surface area (Å²) in [4.78, 5) is 52.2. The summed E-state index contributed by atoms with van der Waals surface area (Å²) in [7, 11) is 0. The number of benzene rings is 2. The van der Waals surface area contributed by atoms with Gasteiger partial charge in [0, 0.05) is 54.6 Å². The van der Waals surface area contributed by atoms with Gasteiger partial charge in [0.15, 0.2) is 5.69 Å². The third kappa shape index (κ3) is 7.32. The van der Waals surface area contributed by atoms with Crippen LogP contribution in [0.1, 0.15) is 54.1 Å². The predicted octanol–water partition coefficient (Wildman–Crippen LogP) is 4.70. The van der Waals surface area contributed by atoms with Crippen molar-refractivity contribution in [2.24, 2.45) is 0 Å². The summed E-state index contributed by atoms with van der Waals surface area (Å²) >= 11 is 1.29. The SMILES string of the molecule is CC(C)NC(=O)c1cc(F)ccc1Cc1cnc(-c2nc3n(CC(=O)N4C[C@H](C)O[C@@H](C)C4)ccn3c(=O)c2OCc2ccccc2)s1. The van der Waals surface area contributed by atoms with Crippen molar-refractivity contribution in [2.45, 2.75) is 65.5 Å². The molecular formula is C35H37FN6O5S. The molecule has 0 aliphatic carbocycles. The summed E-state index contributed by atoms with van der Waals surface area (Å²) in [6.07, 6.45) is 5.04. The molecule has 5 aromatic rings. The van der Waals surface area contributed by atoms with Gasteiger partial charge in [0.25, 0.3) is 5.91 Å². The molecule has 2 aromatic carbocycles. The highest BCUT2D eigenvalue weighted by molar-refractivity contribution is 7.15. The quantitative estimate of drug-likeness (QED) is 0.228. The van der Waals surface area contributed by atoms with Gasteiger partial charge in [0.1, 0.15) is 24.0 Å². The van der Waals surface area contributed by atoms with Crippen molar-refractivity contribution in [3.63, 3.8) is 0 Å². The van der Waals surface area contributed by atoms with Crippen molar-refractivity contribution in [1.82, 2.24) is 29.2 Å². The number of imidazole rings is 1. The smallest absolute Gasteiger partial charge is 0.302 e. The number of ether oxygens (including phenoxy) is 2. The second-order valence-electron chi connectivity index (χ2n) is 12.3. The van der Waals surface area contributed by atoms with Crippen molar-refractivity contribution >= 4 is 28.9 Å². The van der Waals surface area contributed by atoms with Crippen LogP contribution >= 0.6 is 11.3 Å². The molecule has 4 heterocycles. The molecule has 48 heavy (non-hydrogen) atoms. The molecule has 1 N–H and O–H groups in total. The Morgan fingerprint density at radius 3 is 2.58 bits per heavy atom. The first kappa shape index (κ1) is 33.0. The summed E-state index contributed by atoms with van der Waals surface area (Å²) in [5, 5.41) is 3.25. The van der Waals surface area contributed by atoms with Crippen LogP contribution in [0.25, 0.3) is 16.5 Å². The second kappa shape index (κ2) is 14.1. The summed E-state index contributed by atoms with van der Waals surface area (Å²) in [5.74, 6) is -0.681. The Labute approximate surface area is 281 Å². The van der Waals surface area contributed by atoms with E-state index in [4.69, 9.17) is 14.5 Å². The number of halogens is 1. The lowest BCUT2D eigenvalue weighted by atomic mass is 10.0. The topological polar surface area (TPSA) is 120 Å². The molecule has 0 spiro atoms. The molecule has 1 fully saturated rings. The third-order valence-electron chi connectivity index (χ3n) is 7.87. The van der Waals surface area contributed by atoms with Gasteiger partial charge >= 0.3 is 5.56 Å². The van der Waals surface area contributed by atoms with Crippen molar-refractivity contribution in [1.29, 1.82) is 0 Å². The lowest BCUT2D eigenvalue weighted by Gasteiger charge is -2.35. The number of nitrogens with zero attached hydrogens (tertiary/aromatic N) is 5. The summed E-state index contributed by atoms with van der Waals surface area (Å²) in [5.41, 5.74) is 1.55. The Bertz CT molecular complexity index is 2000. The average Bonchev–Trinajstić information content (AvgIpc) is 3.68. The van der Waals surface area contributed by atoms with Gasteiger partial charge in [-0.15, -0.1) is 11.3 Å². The monoisotopic (exact) mass is 672 g/mol. The van der Waals surface area contributed by atoms with Crippen LogP contribution in [-0.2, 0) is 29.1 Å². The fraction of sp³-hybridized carbons (Fsp3) is 0.343. The van der Waals surface area contributed by atoms with Crippen molar-refractivity contribution in [3.8, 4) is 16.5 Å². The van der Waals surface area contributed by atoms with Crippen LogP contribution in [0.2, 0.25) is 0 Å². The van der Waals surface area contributed by atoms with E-state index in [2.05, 4.69) is 10.3 Å². The molecule has 1 aliphatic rings.